The van der Waals surface area contributed by atoms with Crippen LogP contribution in [0.3, 0.4) is 0 Å². The second-order valence-electron chi connectivity index (χ2n) is 3.50. The van der Waals surface area contributed by atoms with Crippen molar-refractivity contribution in [2.24, 2.45) is 0 Å². The molecule has 0 bridgehead atoms. The molecular weight excluding hydrogens is 300 g/mol. The van der Waals surface area contributed by atoms with Crippen LogP contribution >= 0.6 is 28.1 Å². The number of hydrogen-bond donors (Lipinski definition) is 1. The summed E-state index contributed by atoms with van der Waals surface area (Å²) in [4.78, 5) is 7.09. The Hall–Kier alpha value is -1.53. The smallest absolute Gasteiger partial charge is 0.145 e. The summed E-state index contributed by atoms with van der Waals surface area (Å²) in [7, 11) is 0. The summed E-state index contributed by atoms with van der Waals surface area (Å²) in [5, 5.41) is 5.17. The molecule has 1 aromatic carbocycles. The summed E-state index contributed by atoms with van der Waals surface area (Å²) in [5.41, 5.74) is 1.83. The molecule has 0 saturated carbocycles. The zero-order valence-corrected chi connectivity index (χ0v) is 11.0. The lowest BCUT2D eigenvalue weighted by molar-refractivity contribution is 0.894. The summed E-state index contributed by atoms with van der Waals surface area (Å²) < 4.78 is 3.40. The molecule has 84 valence electrons. The van der Waals surface area contributed by atoms with Crippen molar-refractivity contribution in [3.05, 3.63) is 45.9 Å². The van der Waals surface area contributed by atoms with Crippen LogP contribution < -0.4 is 0 Å². The number of aromatic amines is 1. The predicted octanol–water partition coefficient (Wildman–Crippen LogP) is 3.24. The van der Waals surface area contributed by atoms with Gasteiger partial charge in [-0.2, -0.15) is 5.10 Å². The van der Waals surface area contributed by atoms with E-state index in [0.29, 0.717) is 4.64 Å². The number of halogens is 1. The first-order valence-electron chi connectivity index (χ1n) is 4.93. The van der Waals surface area contributed by atoms with E-state index in [1.54, 1.807) is 17.2 Å². The van der Waals surface area contributed by atoms with Crippen LogP contribution in [0.4, 0.5) is 0 Å². The van der Waals surface area contributed by atoms with E-state index in [2.05, 4.69) is 31.0 Å². The zero-order chi connectivity index (χ0) is 11.8. The Labute approximate surface area is 110 Å². The average Bonchev–Trinajstić information content (AvgIpc) is 2.75. The first kappa shape index (κ1) is 10.6. The third-order valence-corrected chi connectivity index (χ3v) is 3.31. The number of fused-ring (bicyclic) bond motifs is 1. The van der Waals surface area contributed by atoms with E-state index in [1.165, 1.54) is 0 Å². The maximum absolute atomic E-state index is 5.15. The van der Waals surface area contributed by atoms with Gasteiger partial charge in [-0.05, 0) is 24.3 Å². The van der Waals surface area contributed by atoms with Gasteiger partial charge < -0.3 is 4.98 Å². The number of nitrogens with one attached hydrogen (secondary N) is 1. The molecule has 0 spiro atoms. The van der Waals surface area contributed by atoms with Crippen LogP contribution in [0.1, 0.15) is 0 Å². The van der Waals surface area contributed by atoms with E-state index in [4.69, 9.17) is 12.2 Å². The van der Waals surface area contributed by atoms with Crippen LogP contribution in [0.5, 0.6) is 0 Å². The molecule has 2 aromatic heterocycles. The monoisotopic (exact) mass is 306 g/mol. The van der Waals surface area contributed by atoms with Gasteiger partial charge in [-0.15, -0.1) is 0 Å². The number of rotatable bonds is 1. The lowest BCUT2D eigenvalue weighted by Crippen LogP contribution is -1.97. The normalized spacial score (nSPS) is 10.9. The summed E-state index contributed by atoms with van der Waals surface area (Å²) in [6.45, 7) is 0. The summed E-state index contributed by atoms with van der Waals surface area (Å²) in [6, 6.07) is 7.90. The third-order valence-electron chi connectivity index (χ3n) is 2.45. The molecule has 2 heterocycles. The van der Waals surface area contributed by atoms with E-state index < -0.39 is 0 Å². The standard InChI is InChI=1S/C11H7BrN4S/c12-7-1-3-8(4-2-7)16-10-9(5-15-16)11(17)14-6-13-10/h1-6H,(H,13,14,17). The minimum Gasteiger partial charge on any atom is -0.330 e. The molecule has 3 rings (SSSR count). The van der Waals surface area contributed by atoms with Crippen molar-refractivity contribution in [1.82, 2.24) is 19.7 Å². The largest absolute Gasteiger partial charge is 0.330 e. The summed E-state index contributed by atoms with van der Waals surface area (Å²) in [6.07, 6.45) is 3.31. The Kier molecular flexibility index (Phi) is 2.53. The first-order valence-corrected chi connectivity index (χ1v) is 6.13. The molecule has 3 aromatic rings. The highest BCUT2D eigenvalue weighted by Crippen LogP contribution is 2.18. The number of benzene rings is 1. The first-order chi connectivity index (χ1) is 8.25. The molecule has 0 radical (unpaired) electrons. The maximum atomic E-state index is 5.15. The topological polar surface area (TPSA) is 46.5 Å². The fraction of sp³-hybridized carbons (Fsp3) is 0. The Bertz CT molecular complexity index is 729. The average molecular weight is 307 g/mol. The fourth-order valence-corrected chi connectivity index (χ4v) is 2.11. The molecule has 0 aliphatic carbocycles. The van der Waals surface area contributed by atoms with Crippen LogP contribution in [-0.2, 0) is 0 Å². The fourth-order valence-electron chi connectivity index (χ4n) is 1.64. The van der Waals surface area contributed by atoms with Gasteiger partial charge in [0.05, 0.1) is 23.6 Å². The summed E-state index contributed by atoms with van der Waals surface area (Å²) in [5.74, 6) is 0. The van der Waals surface area contributed by atoms with Gasteiger partial charge in [-0.3, -0.25) is 0 Å². The second-order valence-corrected chi connectivity index (χ2v) is 4.81. The van der Waals surface area contributed by atoms with Crippen LogP contribution in [-0.4, -0.2) is 19.7 Å². The number of H-pyrrole nitrogens is 1. The van der Waals surface area contributed by atoms with E-state index in [0.717, 1.165) is 21.2 Å². The molecule has 0 aliphatic heterocycles. The minimum atomic E-state index is 0.558. The molecule has 6 heteroatoms. The minimum absolute atomic E-state index is 0.558. The van der Waals surface area contributed by atoms with Gasteiger partial charge in [0, 0.05) is 4.47 Å². The molecule has 17 heavy (non-hydrogen) atoms. The zero-order valence-electron chi connectivity index (χ0n) is 8.59. The second kappa shape index (κ2) is 4.05. The maximum Gasteiger partial charge on any atom is 0.145 e. The molecule has 0 unspecified atom stereocenters. The van der Waals surface area contributed by atoms with Gasteiger partial charge in [-0.25, -0.2) is 9.67 Å². The quantitative estimate of drug-likeness (QED) is 0.702. The number of aromatic nitrogens is 4. The molecule has 4 nitrogen and oxygen atoms in total. The number of hydrogen-bond acceptors (Lipinski definition) is 3. The van der Waals surface area contributed by atoms with E-state index >= 15 is 0 Å². The highest BCUT2D eigenvalue weighted by atomic mass is 79.9. The lowest BCUT2D eigenvalue weighted by Gasteiger charge is -2.02. The van der Waals surface area contributed by atoms with Crippen LogP contribution in [0.25, 0.3) is 16.7 Å². The van der Waals surface area contributed by atoms with Gasteiger partial charge in [0.15, 0.2) is 0 Å². The van der Waals surface area contributed by atoms with Gasteiger partial charge in [-0.1, -0.05) is 28.1 Å². The van der Waals surface area contributed by atoms with Crippen molar-refractivity contribution in [2.75, 3.05) is 0 Å². The Morgan fingerprint density at radius 3 is 2.76 bits per heavy atom. The van der Waals surface area contributed by atoms with E-state index in [9.17, 15) is 0 Å². The van der Waals surface area contributed by atoms with Gasteiger partial charge in [0.2, 0.25) is 0 Å². The van der Waals surface area contributed by atoms with Gasteiger partial charge >= 0.3 is 0 Å². The van der Waals surface area contributed by atoms with E-state index in [-0.39, 0.29) is 0 Å². The Morgan fingerprint density at radius 2 is 2.00 bits per heavy atom. The summed E-state index contributed by atoms with van der Waals surface area (Å²) >= 11 is 8.55. The van der Waals surface area contributed by atoms with Crippen molar-refractivity contribution < 1.29 is 0 Å². The van der Waals surface area contributed by atoms with Crippen molar-refractivity contribution in [3.8, 4) is 5.69 Å². The van der Waals surface area contributed by atoms with E-state index in [1.807, 2.05) is 24.3 Å². The predicted molar refractivity (Wildman–Crippen MR) is 71.7 cm³/mol. The molecular formula is C11H7BrN4S. The van der Waals surface area contributed by atoms with Crippen molar-refractivity contribution >= 4 is 39.2 Å². The molecule has 0 atom stereocenters. The molecule has 0 saturated heterocycles. The van der Waals surface area contributed by atoms with Crippen LogP contribution in [0.2, 0.25) is 0 Å². The molecule has 0 aliphatic rings. The van der Waals surface area contributed by atoms with Gasteiger partial charge in [0.25, 0.3) is 0 Å². The number of nitrogens with zero attached hydrogens (tertiary/aromatic N) is 3. The third kappa shape index (κ3) is 1.79. The van der Waals surface area contributed by atoms with Crippen LogP contribution in [0, 0.1) is 4.64 Å². The van der Waals surface area contributed by atoms with Gasteiger partial charge in [0.1, 0.15) is 10.3 Å². The van der Waals surface area contributed by atoms with Crippen LogP contribution in [0.15, 0.2) is 41.3 Å². The molecule has 1 N–H and O–H groups in total. The Morgan fingerprint density at radius 1 is 1.24 bits per heavy atom. The lowest BCUT2D eigenvalue weighted by atomic mass is 10.3. The molecule has 0 amide bonds. The van der Waals surface area contributed by atoms with Crippen molar-refractivity contribution in [1.29, 1.82) is 0 Å². The highest BCUT2D eigenvalue weighted by molar-refractivity contribution is 9.10. The van der Waals surface area contributed by atoms with Crippen molar-refractivity contribution in [3.63, 3.8) is 0 Å². The molecule has 0 fully saturated rings. The Balaban J connectivity index is 2.28. The van der Waals surface area contributed by atoms with Crippen molar-refractivity contribution in [2.45, 2.75) is 0 Å². The SMILES string of the molecule is S=c1nc[nH]c2c1cnn2-c1ccc(Br)cc1. The highest BCUT2D eigenvalue weighted by Gasteiger charge is 2.06.